The number of rotatable bonds is 6. The summed E-state index contributed by atoms with van der Waals surface area (Å²) in [4.78, 5) is 0. The molecule has 132 valence electrons. The molecule has 0 radical (unpaired) electrons. The molecular weight excluding hydrogens is 419 g/mol. The molecule has 0 amide bonds. The van der Waals surface area contributed by atoms with Crippen LogP contribution in [0.3, 0.4) is 0 Å². The number of hydrogen-bond donors (Lipinski definition) is 0. The molecule has 23 heavy (non-hydrogen) atoms. The molecule has 0 N–H and O–H groups in total. The van der Waals surface area contributed by atoms with Gasteiger partial charge in [-0.1, -0.05) is 0 Å². The van der Waals surface area contributed by atoms with Gasteiger partial charge in [-0.15, -0.1) is 0 Å². The summed E-state index contributed by atoms with van der Waals surface area (Å²) in [6, 6.07) is 0. The zero-order valence-electron chi connectivity index (χ0n) is 17.2. The van der Waals surface area contributed by atoms with Gasteiger partial charge in [0.15, 0.2) is 0 Å². The maximum atomic E-state index is 3.87. The summed E-state index contributed by atoms with van der Waals surface area (Å²) in [5.74, 6) is 0. The summed E-state index contributed by atoms with van der Waals surface area (Å²) in [7, 11) is -2.81. The van der Waals surface area contributed by atoms with E-state index in [1.54, 1.807) is 0 Å². The van der Waals surface area contributed by atoms with Crippen molar-refractivity contribution in [3.63, 3.8) is 0 Å². The van der Waals surface area contributed by atoms with E-state index in [1.165, 1.54) is 0 Å². The molecule has 0 aromatic rings. The molecule has 2 nitrogen and oxygen atoms in total. The summed E-state index contributed by atoms with van der Waals surface area (Å²) in [5, 5.41) is 0. The minimum atomic E-state index is -3.19. The predicted octanol–water partition coefficient (Wildman–Crippen LogP) is 3.95. The third-order valence-corrected chi connectivity index (χ3v) is 18.4. The van der Waals surface area contributed by atoms with Gasteiger partial charge in [0.25, 0.3) is 0 Å². The van der Waals surface area contributed by atoms with Crippen LogP contribution in [0.25, 0.3) is 0 Å². The summed E-state index contributed by atoms with van der Waals surface area (Å²) in [6.45, 7) is 27.4. The van der Waals surface area contributed by atoms with Gasteiger partial charge in [0, 0.05) is 0 Å². The molecule has 5 heteroatoms. The molecule has 0 spiro atoms. The van der Waals surface area contributed by atoms with Crippen LogP contribution in [0.2, 0.25) is 39.3 Å². The topological polar surface area (TPSA) is 6.48 Å². The van der Waals surface area contributed by atoms with Gasteiger partial charge in [-0.3, -0.25) is 0 Å². The van der Waals surface area contributed by atoms with Gasteiger partial charge in [-0.2, -0.15) is 0 Å². The molecule has 0 unspecified atom stereocenters. The molecule has 0 bridgehead atoms. The van der Waals surface area contributed by atoms with Crippen LogP contribution in [0, 0.1) is 19.0 Å². The third-order valence-electron chi connectivity index (χ3n) is 3.67. The Hall–Kier alpha value is 0.272. The molecule has 0 aromatic carbocycles. The molecule has 0 saturated carbocycles. The Bertz CT molecular complexity index is 430. The fourth-order valence-corrected chi connectivity index (χ4v) is 21.3. The van der Waals surface area contributed by atoms with Crippen molar-refractivity contribution >= 4 is 35.1 Å². The van der Waals surface area contributed by atoms with Crippen molar-refractivity contribution in [2.75, 3.05) is 26.2 Å². The number of hydrogen-bond acceptors (Lipinski definition) is 2. The van der Waals surface area contributed by atoms with Crippen molar-refractivity contribution in [2.24, 2.45) is 0 Å². The van der Waals surface area contributed by atoms with Gasteiger partial charge in [-0.25, -0.2) is 0 Å². The van der Waals surface area contributed by atoms with E-state index < -0.39 is 35.1 Å². The first kappa shape index (κ1) is 23.3. The van der Waals surface area contributed by atoms with Gasteiger partial charge >= 0.3 is 153 Å². The van der Waals surface area contributed by atoms with Crippen LogP contribution in [0.1, 0.15) is 27.7 Å². The van der Waals surface area contributed by atoms with Crippen molar-refractivity contribution in [1.82, 2.24) is 6.24 Å². The van der Waals surface area contributed by atoms with E-state index in [0.29, 0.717) is 0 Å². The first-order valence-corrected chi connectivity index (χ1v) is 21.4. The molecular formula is C18H38N2Si2Sn. The molecule has 0 aliphatic heterocycles. The normalized spacial score (nSPS) is 12.7. The SMILES string of the molecule is CC[N](CC)[Sn]([C]#C[Si](C)(C)C)([C]#C[Si](C)(C)C)[N](CC)CC. The second-order valence-corrected chi connectivity index (χ2v) is 26.4. The van der Waals surface area contributed by atoms with E-state index >= 15 is 0 Å². The van der Waals surface area contributed by atoms with Crippen molar-refractivity contribution in [3.8, 4) is 19.0 Å². The molecule has 0 aliphatic rings. The maximum absolute atomic E-state index is 3.87. The van der Waals surface area contributed by atoms with E-state index in [4.69, 9.17) is 0 Å². The third kappa shape index (κ3) is 7.79. The van der Waals surface area contributed by atoms with E-state index in [9.17, 15) is 0 Å². The van der Waals surface area contributed by atoms with Gasteiger partial charge in [0.2, 0.25) is 0 Å². The van der Waals surface area contributed by atoms with Crippen molar-refractivity contribution in [2.45, 2.75) is 67.0 Å². The van der Waals surface area contributed by atoms with Crippen molar-refractivity contribution < 1.29 is 0 Å². The van der Waals surface area contributed by atoms with E-state index in [0.717, 1.165) is 26.2 Å². The van der Waals surface area contributed by atoms with Gasteiger partial charge in [-0.05, 0) is 0 Å². The van der Waals surface area contributed by atoms with E-state index in [-0.39, 0.29) is 0 Å². The average molecular weight is 457 g/mol. The second-order valence-electron chi connectivity index (χ2n) is 8.02. The Labute approximate surface area is 153 Å². The van der Waals surface area contributed by atoms with Crippen molar-refractivity contribution in [1.29, 1.82) is 0 Å². The summed E-state index contributed by atoms with van der Waals surface area (Å²) >= 11 is -3.19. The van der Waals surface area contributed by atoms with Crippen LogP contribution in [0.4, 0.5) is 0 Å². The van der Waals surface area contributed by atoms with Gasteiger partial charge in [0.1, 0.15) is 0 Å². The molecule has 0 fully saturated rings. The first-order valence-electron chi connectivity index (χ1n) is 9.04. The van der Waals surface area contributed by atoms with E-state index in [1.807, 2.05) is 0 Å². The molecule has 0 aromatic heterocycles. The Morgan fingerprint density at radius 2 is 0.870 bits per heavy atom. The summed E-state index contributed by atoms with van der Waals surface area (Å²) in [5.41, 5.74) is 7.42. The van der Waals surface area contributed by atoms with Crippen LogP contribution in [-0.4, -0.2) is 67.5 Å². The molecule has 0 heterocycles. The number of nitrogens with zero attached hydrogens (tertiary/aromatic N) is 2. The van der Waals surface area contributed by atoms with Crippen LogP contribution >= 0.6 is 0 Å². The minimum absolute atomic E-state index is 1.06. The van der Waals surface area contributed by atoms with Crippen LogP contribution in [0.5, 0.6) is 0 Å². The van der Waals surface area contributed by atoms with Gasteiger partial charge in [0.05, 0.1) is 0 Å². The predicted molar refractivity (Wildman–Crippen MR) is 114 cm³/mol. The van der Waals surface area contributed by atoms with Crippen LogP contribution in [-0.2, 0) is 0 Å². The molecule has 0 rings (SSSR count). The zero-order valence-corrected chi connectivity index (χ0v) is 22.1. The van der Waals surface area contributed by atoms with Gasteiger partial charge < -0.3 is 0 Å². The Morgan fingerprint density at radius 1 is 0.609 bits per heavy atom. The van der Waals surface area contributed by atoms with Crippen molar-refractivity contribution in [3.05, 3.63) is 0 Å². The molecule has 0 saturated heterocycles. The monoisotopic (exact) mass is 458 g/mol. The Morgan fingerprint density at radius 3 is 1.04 bits per heavy atom. The second kappa shape index (κ2) is 9.68. The summed E-state index contributed by atoms with van der Waals surface area (Å²) < 4.78 is 13.0. The molecule has 0 atom stereocenters. The fourth-order valence-electron chi connectivity index (χ4n) is 2.46. The quantitative estimate of drug-likeness (QED) is 0.440. The Balaban J connectivity index is 6.41. The van der Waals surface area contributed by atoms with Crippen LogP contribution < -0.4 is 0 Å². The van der Waals surface area contributed by atoms with E-state index in [2.05, 4.69) is 92.2 Å². The average Bonchev–Trinajstić information content (AvgIpc) is 2.43. The summed E-state index contributed by atoms with van der Waals surface area (Å²) in [6.07, 6.45) is 0. The van der Waals surface area contributed by atoms with Crippen LogP contribution in [0.15, 0.2) is 0 Å². The Kier molecular flexibility index (Phi) is 9.79. The standard InChI is InChI=1S/2C5H9Si.2C4H10N.Sn/c2*1-5-6(2,3)4;2*1-3-5-4-2;/h2*2-4H3;2*3-4H2,1-2H3;/q;;2*-1;+2. The molecule has 0 aliphatic carbocycles. The fraction of sp³-hybridized carbons (Fsp3) is 0.778. The first-order chi connectivity index (χ1) is 10.5. The zero-order chi connectivity index (χ0) is 18.3.